The van der Waals surface area contributed by atoms with Crippen LogP contribution in [-0.4, -0.2) is 11.5 Å². The molecule has 4 heteroatoms. The smallest absolute Gasteiger partial charge is 0.0459 e. The average Bonchev–Trinajstić information content (AvgIpc) is 2.80. The number of hydrogen-bond donors (Lipinski definition) is 2. The maximum Gasteiger partial charge on any atom is 0.0459 e. The van der Waals surface area contributed by atoms with Crippen molar-refractivity contribution in [2.45, 2.75) is 19.9 Å². The van der Waals surface area contributed by atoms with Crippen LogP contribution in [0, 0.1) is 6.92 Å². The maximum atomic E-state index is 3.56. The van der Waals surface area contributed by atoms with Gasteiger partial charge in [-0.3, -0.25) is 0 Å². The predicted molar refractivity (Wildman–Crippen MR) is 99.8 cm³/mol. The highest BCUT2D eigenvalue weighted by molar-refractivity contribution is 9.10. The summed E-state index contributed by atoms with van der Waals surface area (Å²) in [7, 11) is 0. The first-order valence-corrected chi connectivity index (χ1v) is 8.04. The second kappa shape index (κ2) is 7.82. The second-order valence-corrected chi connectivity index (χ2v) is 6.25. The van der Waals surface area contributed by atoms with Crippen LogP contribution in [-0.2, 0) is 13.0 Å². The molecule has 0 amide bonds. The number of nitrogens with one attached hydrogen (secondary N) is 2. The molecule has 3 aromatic rings. The van der Waals surface area contributed by atoms with Crippen LogP contribution >= 0.6 is 28.3 Å². The Kier molecular flexibility index (Phi) is 6.07. The van der Waals surface area contributed by atoms with Gasteiger partial charge in [0.1, 0.15) is 0 Å². The van der Waals surface area contributed by atoms with Crippen LogP contribution in [0.1, 0.15) is 16.8 Å². The Morgan fingerprint density at radius 2 is 1.86 bits per heavy atom. The average molecular weight is 380 g/mol. The van der Waals surface area contributed by atoms with E-state index in [4.69, 9.17) is 0 Å². The number of halogens is 2. The van der Waals surface area contributed by atoms with E-state index in [1.807, 2.05) is 0 Å². The van der Waals surface area contributed by atoms with Crippen LogP contribution < -0.4 is 5.32 Å². The fourth-order valence-electron chi connectivity index (χ4n) is 2.72. The molecule has 1 heterocycles. The van der Waals surface area contributed by atoms with Crippen molar-refractivity contribution < 1.29 is 0 Å². The summed E-state index contributed by atoms with van der Waals surface area (Å²) >= 11 is 3.56. The minimum Gasteiger partial charge on any atom is -0.358 e. The lowest BCUT2D eigenvalue weighted by Crippen LogP contribution is -2.16. The lowest BCUT2D eigenvalue weighted by atomic mass is 10.1. The number of hydrogen-bond acceptors (Lipinski definition) is 1. The van der Waals surface area contributed by atoms with E-state index >= 15 is 0 Å². The van der Waals surface area contributed by atoms with Gasteiger partial charge in [-0.25, -0.2) is 0 Å². The van der Waals surface area contributed by atoms with Gasteiger partial charge >= 0.3 is 0 Å². The second-order valence-electron chi connectivity index (χ2n) is 5.33. The Bertz CT molecular complexity index is 737. The highest BCUT2D eigenvalue weighted by Crippen LogP contribution is 2.25. The SMILES string of the molecule is Cc1[nH]c2ccc(Br)cc2c1CCNCc1ccccc1.Cl. The van der Waals surface area contributed by atoms with Gasteiger partial charge in [0.05, 0.1) is 0 Å². The van der Waals surface area contributed by atoms with E-state index in [0.717, 1.165) is 24.0 Å². The van der Waals surface area contributed by atoms with Crippen molar-refractivity contribution in [3.8, 4) is 0 Å². The Balaban J connectivity index is 0.00000176. The molecule has 0 atom stereocenters. The molecule has 0 aliphatic heterocycles. The summed E-state index contributed by atoms with van der Waals surface area (Å²) in [5.41, 5.74) is 5.22. The normalized spacial score (nSPS) is 10.6. The van der Waals surface area contributed by atoms with Crippen LogP contribution in [0.3, 0.4) is 0 Å². The number of rotatable bonds is 5. The van der Waals surface area contributed by atoms with E-state index in [9.17, 15) is 0 Å². The topological polar surface area (TPSA) is 27.8 Å². The van der Waals surface area contributed by atoms with E-state index in [1.165, 1.54) is 27.7 Å². The summed E-state index contributed by atoms with van der Waals surface area (Å²) in [6.07, 6.45) is 1.04. The molecule has 2 N–H and O–H groups in total. The van der Waals surface area contributed by atoms with Crippen molar-refractivity contribution in [1.29, 1.82) is 0 Å². The molecular formula is C18H20BrClN2. The molecule has 0 aliphatic carbocycles. The van der Waals surface area contributed by atoms with Crippen molar-refractivity contribution in [2.24, 2.45) is 0 Å². The number of benzene rings is 2. The molecule has 0 saturated heterocycles. The van der Waals surface area contributed by atoms with Crippen LogP contribution in [0.2, 0.25) is 0 Å². The van der Waals surface area contributed by atoms with Crippen molar-refractivity contribution in [1.82, 2.24) is 10.3 Å². The van der Waals surface area contributed by atoms with Gasteiger partial charge in [-0.15, -0.1) is 12.4 Å². The molecule has 0 bridgehead atoms. The van der Waals surface area contributed by atoms with Gasteiger partial charge in [-0.1, -0.05) is 46.3 Å². The summed E-state index contributed by atoms with van der Waals surface area (Å²) in [6.45, 7) is 4.06. The Morgan fingerprint density at radius 3 is 2.64 bits per heavy atom. The Morgan fingerprint density at radius 1 is 1.09 bits per heavy atom. The minimum absolute atomic E-state index is 0. The maximum absolute atomic E-state index is 3.56. The predicted octanol–water partition coefficient (Wildman–Crippen LogP) is 4.99. The zero-order valence-corrected chi connectivity index (χ0v) is 14.9. The third-order valence-electron chi connectivity index (χ3n) is 3.81. The number of aromatic nitrogens is 1. The van der Waals surface area contributed by atoms with Crippen LogP contribution in [0.4, 0.5) is 0 Å². The molecular weight excluding hydrogens is 360 g/mol. The standard InChI is InChI=1S/C18H19BrN2.ClH/c1-13-16(17-11-15(19)7-8-18(17)21-13)9-10-20-12-14-5-3-2-4-6-14;/h2-8,11,20-21H,9-10,12H2,1H3;1H. The van der Waals surface area contributed by atoms with Crippen LogP contribution in [0.25, 0.3) is 10.9 Å². The highest BCUT2D eigenvalue weighted by Gasteiger charge is 2.08. The monoisotopic (exact) mass is 378 g/mol. The minimum atomic E-state index is 0. The molecule has 2 nitrogen and oxygen atoms in total. The Labute approximate surface area is 145 Å². The van der Waals surface area contributed by atoms with Gasteiger partial charge in [0.2, 0.25) is 0 Å². The largest absolute Gasteiger partial charge is 0.358 e. The summed E-state index contributed by atoms with van der Waals surface area (Å²) in [5, 5.41) is 4.84. The molecule has 3 rings (SSSR count). The van der Waals surface area contributed by atoms with Gasteiger partial charge < -0.3 is 10.3 Å². The van der Waals surface area contributed by atoms with Crippen molar-refractivity contribution in [2.75, 3.05) is 6.54 Å². The summed E-state index contributed by atoms with van der Waals surface area (Å²) in [5.74, 6) is 0. The molecule has 1 aromatic heterocycles. The first-order valence-electron chi connectivity index (χ1n) is 7.25. The quantitative estimate of drug-likeness (QED) is 0.600. The first-order chi connectivity index (χ1) is 10.2. The molecule has 116 valence electrons. The Hall–Kier alpha value is -1.29. The molecule has 0 saturated carbocycles. The third-order valence-corrected chi connectivity index (χ3v) is 4.30. The van der Waals surface area contributed by atoms with Gasteiger partial charge in [0, 0.05) is 27.6 Å². The summed E-state index contributed by atoms with van der Waals surface area (Å²) < 4.78 is 1.13. The third kappa shape index (κ3) is 3.92. The van der Waals surface area contributed by atoms with E-state index in [0.29, 0.717) is 0 Å². The fraction of sp³-hybridized carbons (Fsp3) is 0.222. The molecule has 0 unspecified atom stereocenters. The number of H-pyrrole nitrogens is 1. The summed E-state index contributed by atoms with van der Waals surface area (Å²) in [6, 6.07) is 16.9. The van der Waals surface area contributed by atoms with Crippen molar-refractivity contribution >= 4 is 39.2 Å². The zero-order valence-electron chi connectivity index (χ0n) is 12.5. The van der Waals surface area contributed by atoms with Gasteiger partial charge in [0.25, 0.3) is 0 Å². The lowest BCUT2D eigenvalue weighted by molar-refractivity contribution is 0.687. The molecule has 0 aliphatic rings. The molecule has 2 aromatic carbocycles. The van der Waals surface area contributed by atoms with E-state index in [-0.39, 0.29) is 12.4 Å². The van der Waals surface area contributed by atoms with E-state index < -0.39 is 0 Å². The molecule has 0 fully saturated rings. The zero-order chi connectivity index (χ0) is 14.7. The van der Waals surface area contributed by atoms with Crippen LogP contribution in [0.15, 0.2) is 53.0 Å². The van der Waals surface area contributed by atoms with Crippen molar-refractivity contribution in [3.05, 3.63) is 69.8 Å². The number of aryl methyl sites for hydroxylation is 1. The molecule has 0 spiro atoms. The van der Waals surface area contributed by atoms with Crippen molar-refractivity contribution in [3.63, 3.8) is 0 Å². The molecule has 22 heavy (non-hydrogen) atoms. The lowest BCUT2D eigenvalue weighted by Gasteiger charge is -2.05. The number of aromatic amines is 1. The van der Waals surface area contributed by atoms with E-state index in [2.05, 4.69) is 81.7 Å². The summed E-state index contributed by atoms with van der Waals surface area (Å²) in [4.78, 5) is 3.46. The van der Waals surface area contributed by atoms with Gasteiger partial charge in [-0.2, -0.15) is 0 Å². The van der Waals surface area contributed by atoms with Gasteiger partial charge in [-0.05, 0) is 49.2 Å². The fourth-order valence-corrected chi connectivity index (χ4v) is 3.08. The van der Waals surface area contributed by atoms with Gasteiger partial charge in [0.15, 0.2) is 0 Å². The highest BCUT2D eigenvalue weighted by atomic mass is 79.9. The first kappa shape index (κ1) is 17.1. The van der Waals surface area contributed by atoms with E-state index in [1.54, 1.807) is 0 Å². The number of fused-ring (bicyclic) bond motifs is 1. The van der Waals surface area contributed by atoms with Crippen LogP contribution in [0.5, 0.6) is 0 Å². The molecule has 0 radical (unpaired) electrons.